The van der Waals surface area contributed by atoms with E-state index in [1.807, 2.05) is 19.9 Å². The van der Waals surface area contributed by atoms with Crippen LogP contribution in [-0.4, -0.2) is 23.1 Å². The molecule has 0 heterocycles. The molecule has 0 aromatic heterocycles. The van der Waals surface area contributed by atoms with Gasteiger partial charge in [0.2, 0.25) is 0 Å². The van der Waals surface area contributed by atoms with Crippen LogP contribution in [0.25, 0.3) is 0 Å². The Hall–Kier alpha value is -1.58. The van der Waals surface area contributed by atoms with Crippen LogP contribution < -0.4 is 0 Å². The highest BCUT2D eigenvalue weighted by Crippen LogP contribution is 2.73. The molecule has 1 spiro atoms. The quantitative estimate of drug-likeness (QED) is 0.352. The Morgan fingerprint density at radius 2 is 1.90 bits per heavy atom. The number of hydrogen-bond acceptors (Lipinski definition) is 3. The lowest BCUT2D eigenvalue weighted by atomic mass is 9.40. The normalized spacial score (nSPS) is 45.5. The van der Waals surface area contributed by atoms with Gasteiger partial charge in [0.25, 0.3) is 0 Å². The molecule has 4 saturated carbocycles. The summed E-state index contributed by atoms with van der Waals surface area (Å²) in [6.45, 7) is 12.8. The van der Waals surface area contributed by atoms with E-state index in [9.17, 15) is 14.7 Å². The van der Waals surface area contributed by atoms with Gasteiger partial charge in [-0.1, -0.05) is 32.9 Å². The molecule has 1 N–H and O–H groups in total. The summed E-state index contributed by atoms with van der Waals surface area (Å²) in [6.07, 6.45) is 10.6. The number of carbonyl (C=O) groups excluding carboxylic acids is 1. The fraction of sp³-hybridized carbons (Fsp3) is 0.769. The van der Waals surface area contributed by atoms with Crippen molar-refractivity contribution >= 4 is 11.9 Å². The fourth-order valence-corrected chi connectivity index (χ4v) is 8.54. The second-order valence-electron chi connectivity index (χ2n) is 11.3. The molecule has 4 rings (SSSR count). The Labute approximate surface area is 181 Å². The van der Waals surface area contributed by atoms with Crippen molar-refractivity contribution in [1.82, 2.24) is 0 Å². The van der Waals surface area contributed by atoms with Gasteiger partial charge in [0, 0.05) is 11.0 Å². The van der Waals surface area contributed by atoms with E-state index in [0.29, 0.717) is 23.3 Å². The molecule has 166 valence electrons. The minimum atomic E-state index is -0.673. The van der Waals surface area contributed by atoms with Gasteiger partial charge in [0.1, 0.15) is 6.10 Å². The van der Waals surface area contributed by atoms with Gasteiger partial charge in [-0.3, -0.25) is 4.79 Å². The maximum atomic E-state index is 12.7. The summed E-state index contributed by atoms with van der Waals surface area (Å²) in [5.41, 5.74) is 1.73. The Bertz CT molecular complexity index is 797. The topological polar surface area (TPSA) is 63.6 Å². The molecule has 4 heteroatoms. The zero-order valence-electron chi connectivity index (χ0n) is 19.1. The van der Waals surface area contributed by atoms with Crippen molar-refractivity contribution in [3.05, 3.63) is 23.8 Å². The molecule has 0 radical (unpaired) electrons. The largest absolute Gasteiger partial charge is 0.481 e. The zero-order chi connectivity index (χ0) is 21.9. The highest BCUT2D eigenvalue weighted by Gasteiger charge is 2.67. The molecule has 7 unspecified atom stereocenters. The lowest BCUT2D eigenvalue weighted by Gasteiger charge is -2.64. The number of esters is 1. The van der Waals surface area contributed by atoms with E-state index >= 15 is 0 Å². The van der Waals surface area contributed by atoms with Crippen molar-refractivity contribution < 1.29 is 19.4 Å². The fourth-order valence-electron chi connectivity index (χ4n) is 8.54. The summed E-state index contributed by atoms with van der Waals surface area (Å²) in [5, 5.41) is 9.62. The third-order valence-corrected chi connectivity index (χ3v) is 9.84. The summed E-state index contributed by atoms with van der Waals surface area (Å²) in [7, 11) is 0. The van der Waals surface area contributed by atoms with Crippen LogP contribution in [0.15, 0.2) is 23.8 Å². The Kier molecular flexibility index (Phi) is 5.22. The van der Waals surface area contributed by atoms with Crippen molar-refractivity contribution in [3.8, 4) is 0 Å². The first kappa shape index (κ1) is 21.6. The summed E-state index contributed by atoms with van der Waals surface area (Å²) in [5.74, 6) is 0.463. The SMILES string of the molecule is C=C1C2CCC3C4(C)CCCC(C)(CC(=O)O)C4CCC3(C2)C1OC(=O)C(C)=CC. The number of carboxylic acid groups (broad SMARTS) is 1. The van der Waals surface area contributed by atoms with Crippen LogP contribution >= 0.6 is 0 Å². The van der Waals surface area contributed by atoms with E-state index in [-0.39, 0.29) is 34.7 Å². The molecule has 30 heavy (non-hydrogen) atoms. The van der Waals surface area contributed by atoms with E-state index in [0.717, 1.165) is 56.9 Å². The number of ether oxygens (including phenoxy) is 1. The second kappa shape index (κ2) is 7.24. The van der Waals surface area contributed by atoms with E-state index in [1.54, 1.807) is 0 Å². The number of aliphatic carboxylic acids is 1. The van der Waals surface area contributed by atoms with Crippen molar-refractivity contribution in [2.24, 2.45) is 34.0 Å². The predicted octanol–water partition coefficient (Wildman–Crippen LogP) is 5.92. The van der Waals surface area contributed by atoms with Gasteiger partial charge in [-0.05, 0) is 93.0 Å². The number of hydrogen-bond donors (Lipinski definition) is 1. The van der Waals surface area contributed by atoms with Crippen molar-refractivity contribution in [3.63, 3.8) is 0 Å². The van der Waals surface area contributed by atoms with Crippen LogP contribution in [0.5, 0.6) is 0 Å². The minimum Gasteiger partial charge on any atom is -0.481 e. The molecule has 0 aromatic carbocycles. The third-order valence-electron chi connectivity index (χ3n) is 9.84. The first-order valence-corrected chi connectivity index (χ1v) is 11.8. The van der Waals surface area contributed by atoms with E-state index < -0.39 is 5.97 Å². The van der Waals surface area contributed by atoms with Crippen molar-refractivity contribution in [2.45, 2.75) is 91.6 Å². The van der Waals surface area contributed by atoms with Crippen LogP contribution in [0.3, 0.4) is 0 Å². The highest BCUT2D eigenvalue weighted by molar-refractivity contribution is 5.88. The highest BCUT2D eigenvalue weighted by atomic mass is 16.5. The Morgan fingerprint density at radius 3 is 2.57 bits per heavy atom. The molecule has 7 atom stereocenters. The van der Waals surface area contributed by atoms with Crippen molar-refractivity contribution in [1.29, 1.82) is 0 Å². The number of carboxylic acids is 1. The average Bonchev–Trinajstić information content (AvgIpc) is 2.86. The number of carbonyl (C=O) groups is 2. The second-order valence-corrected chi connectivity index (χ2v) is 11.3. The molecule has 0 saturated heterocycles. The monoisotopic (exact) mass is 414 g/mol. The summed E-state index contributed by atoms with van der Waals surface area (Å²) < 4.78 is 6.19. The average molecular weight is 415 g/mol. The van der Waals surface area contributed by atoms with Crippen LogP contribution in [0.2, 0.25) is 0 Å². The minimum absolute atomic E-state index is 0.0175. The van der Waals surface area contributed by atoms with E-state index in [2.05, 4.69) is 20.4 Å². The third kappa shape index (κ3) is 3.00. The Morgan fingerprint density at radius 1 is 1.17 bits per heavy atom. The maximum Gasteiger partial charge on any atom is 0.333 e. The first-order chi connectivity index (χ1) is 14.1. The number of allylic oxidation sites excluding steroid dienone is 1. The van der Waals surface area contributed by atoms with Crippen LogP contribution in [0.4, 0.5) is 0 Å². The molecule has 4 aliphatic rings. The van der Waals surface area contributed by atoms with Crippen LogP contribution in [0, 0.1) is 34.0 Å². The standard InChI is InChI=1S/C26H38O4/c1-6-16(2)23(29)30-22-17(3)18-8-9-20-25(5)12-7-11-24(4,15-21(27)28)19(25)10-13-26(20,22)14-18/h6,18-20,22H,3,7-15H2,1-2,4-5H3,(H,27,28). The van der Waals surface area contributed by atoms with E-state index in [1.165, 1.54) is 0 Å². The van der Waals surface area contributed by atoms with Crippen molar-refractivity contribution in [2.75, 3.05) is 0 Å². The van der Waals surface area contributed by atoms with Gasteiger partial charge < -0.3 is 9.84 Å². The zero-order valence-corrected chi connectivity index (χ0v) is 19.1. The van der Waals surface area contributed by atoms with Gasteiger partial charge in [-0.25, -0.2) is 4.79 Å². The molecule has 0 aliphatic heterocycles. The number of fused-ring (bicyclic) bond motifs is 3. The summed E-state index contributed by atoms with van der Waals surface area (Å²) >= 11 is 0. The summed E-state index contributed by atoms with van der Waals surface area (Å²) in [6, 6.07) is 0. The predicted molar refractivity (Wildman–Crippen MR) is 117 cm³/mol. The molecule has 4 nitrogen and oxygen atoms in total. The summed E-state index contributed by atoms with van der Waals surface area (Å²) in [4.78, 5) is 24.4. The molecule has 2 bridgehead atoms. The van der Waals surface area contributed by atoms with Gasteiger partial charge in [-0.2, -0.15) is 0 Å². The maximum absolute atomic E-state index is 12.7. The molecular weight excluding hydrogens is 376 g/mol. The number of rotatable bonds is 4. The lowest BCUT2D eigenvalue weighted by Crippen LogP contribution is -2.59. The van der Waals surface area contributed by atoms with Crippen LogP contribution in [0.1, 0.15) is 85.5 Å². The lowest BCUT2D eigenvalue weighted by molar-refractivity contribution is -0.188. The van der Waals surface area contributed by atoms with Gasteiger partial charge in [-0.15, -0.1) is 0 Å². The smallest absolute Gasteiger partial charge is 0.333 e. The molecule has 0 aromatic rings. The molecule has 4 fully saturated rings. The van der Waals surface area contributed by atoms with Gasteiger partial charge in [0.05, 0.1) is 6.42 Å². The molecule has 4 aliphatic carbocycles. The van der Waals surface area contributed by atoms with Gasteiger partial charge >= 0.3 is 11.9 Å². The molecular formula is C26H38O4. The van der Waals surface area contributed by atoms with Crippen LogP contribution in [-0.2, 0) is 14.3 Å². The Balaban J connectivity index is 1.70. The molecule has 0 amide bonds. The van der Waals surface area contributed by atoms with E-state index in [4.69, 9.17) is 4.74 Å². The first-order valence-electron chi connectivity index (χ1n) is 11.8. The van der Waals surface area contributed by atoms with Gasteiger partial charge in [0.15, 0.2) is 0 Å².